The number of benzene rings is 1. The highest BCUT2D eigenvalue weighted by Crippen LogP contribution is 2.19. The highest BCUT2D eigenvalue weighted by Gasteiger charge is 1.99. The van der Waals surface area contributed by atoms with Crippen LogP contribution in [0.25, 0.3) is 0 Å². The summed E-state index contributed by atoms with van der Waals surface area (Å²) in [5.41, 5.74) is 1.07. The first kappa shape index (κ1) is 14.5. The maximum Gasteiger partial charge on any atom is 0.130 e. The van der Waals surface area contributed by atoms with Crippen LogP contribution in [0.3, 0.4) is 0 Å². The van der Waals surface area contributed by atoms with Crippen LogP contribution in [0.4, 0.5) is 0 Å². The van der Waals surface area contributed by atoms with Gasteiger partial charge in [-0.1, -0.05) is 30.4 Å². The van der Waals surface area contributed by atoms with E-state index in [1.807, 2.05) is 30.3 Å². The fraction of sp³-hybridized carbons (Fsp3) is 0.0588. The van der Waals surface area contributed by atoms with Gasteiger partial charge in [-0.15, -0.1) is 0 Å². The summed E-state index contributed by atoms with van der Waals surface area (Å²) in [5, 5.41) is 0. The van der Waals surface area contributed by atoms with E-state index < -0.39 is 0 Å². The lowest BCUT2D eigenvalue weighted by Crippen LogP contribution is -1.89. The number of allylic oxidation sites excluding steroid dienone is 4. The van der Waals surface area contributed by atoms with Crippen molar-refractivity contribution in [3.8, 4) is 5.75 Å². The van der Waals surface area contributed by atoms with Gasteiger partial charge >= 0.3 is 0 Å². The average Bonchev–Trinajstić information content (AvgIpc) is 2.52. The van der Waals surface area contributed by atoms with Gasteiger partial charge in [0.2, 0.25) is 0 Å². The monoisotopic (exact) mass is 280 g/mol. The standard InChI is InChI=1S/C17H16N2O2/c1-4-10-18-15-19-11-6-8-16-7-2-3-9-17(16)21-14-13-20-12-5-1/h1-7,9-15H,8H2/b4-1?,11-6+,12-5+,14-13+,18-10?,19-15?. The number of hydrogen-bond donors (Lipinski definition) is 0. The van der Waals surface area contributed by atoms with E-state index in [4.69, 9.17) is 9.47 Å². The molecule has 0 N–H and O–H groups in total. The van der Waals surface area contributed by atoms with Crippen molar-refractivity contribution in [2.75, 3.05) is 0 Å². The number of ether oxygens (including phenoxy) is 2. The molecule has 0 aliphatic carbocycles. The van der Waals surface area contributed by atoms with Gasteiger partial charge in [0.25, 0.3) is 0 Å². The molecule has 0 aromatic heterocycles. The molecule has 0 radical (unpaired) electrons. The lowest BCUT2D eigenvalue weighted by molar-refractivity contribution is 0.371. The fourth-order valence-electron chi connectivity index (χ4n) is 1.58. The van der Waals surface area contributed by atoms with Crippen LogP contribution in [0, 0.1) is 0 Å². The molecule has 4 heteroatoms. The van der Waals surface area contributed by atoms with E-state index in [1.54, 1.807) is 36.9 Å². The Morgan fingerprint density at radius 1 is 0.905 bits per heavy atom. The van der Waals surface area contributed by atoms with E-state index in [1.165, 1.54) is 18.9 Å². The minimum Gasteiger partial charge on any atom is -0.469 e. The molecule has 106 valence electrons. The quantitative estimate of drug-likeness (QED) is 0.725. The van der Waals surface area contributed by atoms with Gasteiger partial charge < -0.3 is 9.47 Å². The van der Waals surface area contributed by atoms with E-state index in [9.17, 15) is 0 Å². The van der Waals surface area contributed by atoms with Crippen LogP contribution < -0.4 is 4.74 Å². The Hall–Kier alpha value is -2.88. The van der Waals surface area contributed by atoms with Crippen molar-refractivity contribution >= 4 is 12.6 Å². The van der Waals surface area contributed by atoms with Crippen molar-refractivity contribution in [1.82, 2.24) is 0 Å². The molecule has 1 aromatic rings. The number of para-hydroxylation sites is 1. The molecule has 0 fully saturated rings. The van der Waals surface area contributed by atoms with Gasteiger partial charge in [-0.25, -0.2) is 9.98 Å². The second-order valence-electron chi connectivity index (χ2n) is 4.00. The van der Waals surface area contributed by atoms with Gasteiger partial charge in [-0.2, -0.15) is 0 Å². The number of aliphatic imine (C=N–C) groups is 2. The largest absolute Gasteiger partial charge is 0.469 e. The molecule has 1 aliphatic rings. The zero-order valence-electron chi connectivity index (χ0n) is 11.5. The predicted molar refractivity (Wildman–Crippen MR) is 85.4 cm³/mol. The third-order valence-electron chi connectivity index (χ3n) is 2.52. The van der Waals surface area contributed by atoms with Gasteiger partial charge in [0.05, 0.1) is 6.26 Å². The molecular weight excluding hydrogens is 264 g/mol. The minimum absolute atomic E-state index is 0.728. The van der Waals surface area contributed by atoms with E-state index in [0.717, 1.165) is 17.7 Å². The number of rotatable bonds is 0. The maximum atomic E-state index is 5.56. The summed E-state index contributed by atoms with van der Waals surface area (Å²) in [5.74, 6) is 0.789. The average molecular weight is 280 g/mol. The van der Waals surface area contributed by atoms with E-state index >= 15 is 0 Å². The topological polar surface area (TPSA) is 43.2 Å². The summed E-state index contributed by atoms with van der Waals surface area (Å²) in [6.45, 7) is 0. The molecular formula is C17H16N2O2. The first-order valence-electron chi connectivity index (χ1n) is 6.53. The lowest BCUT2D eigenvalue weighted by atomic mass is 10.1. The summed E-state index contributed by atoms with van der Waals surface area (Å²) in [6, 6.07) is 7.82. The van der Waals surface area contributed by atoms with Crippen molar-refractivity contribution in [3.63, 3.8) is 0 Å². The zero-order valence-corrected chi connectivity index (χ0v) is 11.5. The third kappa shape index (κ3) is 5.74. The van der Waals surface area contributed by atoms with Crippen molar-refractivity contribution in [1.29, 1.82) is 0 Å². The number of nitrogens with zero attached hydrogens (tertiary/aromatic N) is 2. The zero-order chi connectivity index (χ0) is 14.6. The lowest BCUT2D eigenvalue weighted by Gasteiger charge is -2.05. The van der Waals surface area contributed by atoms with Crippen molar-refractivity contribution in [2.24, 2.45) is 9.98 Å². The van der Waals surface area contributed by atoms with Crippen LogP contribution in [0.2, 0.25) is 0 Å². The van der Waals surface area contributed by atoms with Crippen LogP contribution in [0.1, 0.15) is 5.56 Å². The van der Waals surface area contributed by atoms with Crippen LogP contribution in [-0.4, -0.2) is 12.6 Å². The third-order valence-corrected chi connectivity index (χ3v) is 2.52. The Bertz CT molecular complexity index is 611. The molecule has 1 aromatic carbocycles. The molecule has 0 spiro atoms. The second kappa shape index (κ2) is 9.09. The Morgan fingerprint density at radius 2 is 1.86 bits per heavy atom. The highest BCUT2D eigenvalue weighted by atomic mass is 16.5. The number of fused-ring (bicyclic) bond motifs is 1. The van der Waals surface area contributed by atoms with Crippen molar-refractivity contribution in [2.45, 2.75) is 6.42 Å². The molecule has 2 rings (SSSR count). The summed E-state index contributed by atoms with van der Waals surface area (Å²) >= 11 is 0. The van der Waals surface area contributed by atoms with Crippen LogP contribution in [-0.2, 0) is 11.2 Å². The van der Waals surface area contributed by atoms with Gasteiger partial charge in [-0.3, -0.25) is 0 Å². The first-order valence-corrected chi connectivity index (χ1v) is 6.53. The Morgan fingerprint density at radius 3 is 2.86 bits per heavy atom. The van der Waals surface area contributed by atoms with Gasteiger partial charge in [0, 0.05) is 12.4 Å². The van der Waals surface area contributed by atoms with E-state index in [2.05, 4.69) is 9.98 Å². The molecule has 0 saturated heterocycles. The normalized spacial score (nSPS) is 19.6. The van der Waals surface area contributed by atoms with E-state index in [0.29, 0.717) is 0 Å². The second-order valence-corrected chi connectivity index (χ2v) is 4.00. The summed E-state index contributed by atoms with van der Waals surface area (Å²) in [6.07, 6.45) is 17.4. The number of hydrogen-bond acceptors (Lipinski definition) is 4. The minimum atomic E-state index is 0.728. The maximum absolute atomic E-state index is 5.56. The highest BCUT2D eigenvalue weighted by molar-refractivity contribution is 5.80. The molecule has 4 nitrogen and oxygen atoms in total. The molecule has 0 atom stereocenters. The molecule has 0 unspecified atom stereocenters. The van der Waals surface area contributed by atoms with Crippen LogP contribution in [0.5, 0.6) is 5.75 Å². The van der Waals surface area contributed by atoms with E-state index in [-0.39, 0.29) is 0 Å². The molecule has 21 heavy (non-hydrogen) atoms. The Kier molecular flexibility index (Phi) is 6.29. The Labute approximate surface area is 124 Å². The summed E-state index contributed by atoms with van der Waals surface area (Å²) in [7, 11) is 0. The van der Waals surface area contributed by atoms with Gasteiger partial charge in [0.15, 0.2) is 0 Å². The van der Waals surface area contributed by atoms with Crippen LogP contribution in [0.15, 0.2) is 83.5 Å². The molecule has 0 amide bonds. The smallest absolute Gasteiger partial charge is 0.130 e. The van der Waals surface area contributed by atoms with Crippen molar-refractivity contribution < 1.29 is 9.47 Å². The molecule has 1 heterocycles. The van der Waals surface area contributed by atoms with Crippen LogP contribution >= 0.6 is 0 Å². The fourth-order valence-corrected chi connectivity index (χ4v) is 1.58. The first-order chi connectivity index (χ1) is 10.5. The SMILES string of the molecule is C1=C/C=C/O/C=C/Oc2ccccc2C/C=C/N=CN=C1. The van der Waals surface area contributed by atoms with Crippen molar-refractivity contribution in [3.05, 3.63) is 79.1 Å². The summed E-state index contributed by atoms with van der Waals surface area (Å²) < 4.78 is 10.7. The molecule has 0 bridgehead atoms. The van der Waals surface area contributed by atoms with Gasteiger partial charge in [0.1, 0.15) is 24.6 Å². The molecule has 0 saturated carbocycles. The molecule has 1 aliphatic heterocycles. The predicted octanol–water partition coefficient (Wildman–Crippen LogP) is 3.79. The van der Waals surface area contributed by atoms with Gasteiger partial charge in [-0.05, 0) is 30.2 Å². The Balaban J connectivity index is 2.13. The summed E-state index contributed by atoms with van der Waals surface area (Å²) in [4.78, 5) is 8.05.